The van der Waals surface area contributed by atoms with Crippen LogP contribution in [0, 0.1) is 6.92 Å². The van der Waals surface area contributed by atoms with Gasteiger partial charge in [-0.2, -0.15) is 0 Å². The summed E-state index contributed by atoms with van der Waals surface area (Å²) in [5, 5.41) is 0. The van der Waals surface area contributed by atoms with Crippen LogP contribution in [0.5, 0.6) is 0 Å². The summed E-state index contributed by atoms with van der Waals surface area (Å²) in [6, 6.07) is 17.6. The van der Waals surface area contributed by atoms with E-state index in [-0.39, 0.29) is 6.04 Å². The highest BCUT2D eigenvalue weighted by atomic mass is 32.2. The summed E-state index contributed by atoms with van der Waals surface area (Å²) in [6.45, 7) is 2.12. The summed E-state index contributed by atoms with van der Waals surface area (Å²) in [6.07, 6.45) is 4.02. The minimum Gasteiger partial charge on any atom is -0.323 e. The van der Waals surface area contributed by atoms with Crippen LogP contribution in [-0.2, 0) is 0 Å². The van der Waals surface area contributed by atoms with Crippen molar-refractivity contribution in [2.45, 2.75) is 43.0 Å². The highest BCUT2D eigenvalue weighted by Gasteiger charge is 2.23. The molecule has 2 aromatic rings. The lowest BCUT2D eigenvalue weighted by atomic mass is 9.77. The monoisotopic (exact) mass is 297 g/mol. The largest absolute Gasteiger partial charge is 0.323 e. The molecule has 2 N–H and O–H groups in total. The van der Waals surface area contributed by atoms with Gasteiger partial charge < -0.3 is 5.73 Å². The van der Waals surface area contributed by atoms with E-state index in [1.165, 1.54) is 40.8 Å². The van der Waals surface area contributed by atoms with Gasteiger partial charge in [0, 0.05) is 16.7 Å². The number of hydrogen-bond donors (Lipinski definition) is 1. The molecular formula is C19H23NS. The SMILES string of the molecule is Cc1ccc(SCC(N)c2ccccc2C2CCC2)cc1. The minimum atomic E-state index is 0.119. The zero-order valence-corrected chi connectivity index (χ0v) is 13.4. The van der Waals surface area contributed by atoms with E-state index in [1.807, 2.05) is 11.8 Å². The van der Waals surface area contributed by atoms with Crippen molar-refractivity contribution in [1.29, 1.82) is 0 Å². The summed E-state index contributed by atoms with van der Waals surface area (Å²) in [7, 11) is 0. The van der Waals surface area contributed by atoms with Gasteiger partial charge in [0.15, 0.2) is 0 Å². The van der Waals surface area contributed by atoms with E-state index < -0.39 is 0 Å². The molecule has 110 valence electrons. The van der Waals surface area contributed by atoms with Crippen molar-refractivity contribution in [2.24, 2.45) is 5.73 Å². The number of aryl methyl sites for hydroxylation is 1. The summed E-state index contributed by atoms with van der Waals surface area (Å²) in [5.74, 6) is 1.68. The number of nitrogens with two attached hydrogens (primary N) is 1. The van der Waals surface area contributed by atoms with Gasteiger partial charge in [0.05, 0.1) is 0 Å². The summed E-state index contributed by atoms with van der Waals surface area (Å²) in [5.41, 5.74) is 10.6. The van der Waals surface area contributed by atoms with Gasteiger partial charge in [-0.15, -0.1) is 11.8 Å². The molecule has 1 aliphatic carbocycles. The van der Waals surface area contributed by atoms with Crippen LogP contribution in [0.3, 0.4) is 0 Å². The topological polar surface area (TPSA) is 26.0 Å². The molecule has 1 fully saturated rings. The Kier molecular flexibility index (Phi) is 4.67. The van der Waals surface area contributed by atoms with E-state index in [1.54, 1.807) is 0 Å². The van der Waals surface area contributed by atoms with Gasteiger partial charge in [-0.05, 0) is 48.9 Å². The van der Waals surface area contributed by atoms with E-state index in [0.717, 1.165) is 11.7 Å². The first-order valence-electron chi connectivity index (χ1n) is 7.78. The van der Waals surface area contributed by atoms with Gasteiger partial charge in [-0.3, -0.25) is 0 Å². The number of hydrogen-bond acceptors (Lipinski definition) is 2. The van der Waals surface area contributed by atoms with Crippen molar-refractivity contribution >= 4 is 11.8 Å². The third-order valence-corrected chi connectivity index (χ3v) is 5.52. The van der Waals surface area contributed by atoms with Crippen LogP contribution < -0.4 is 5.73 Å². The fourth-order valence-corrected chi connectivity index (χ4v) is 3.73. The second-order valence-electron chi connectivity index (χ2n) is 5.99. The highest BCUT2D eigenvalue weighted by Crippen LogP contribution is 2.39. The van der Waals surface area contributed by atoms with Gasteiger partial charge in [0.1, 0.15) is 0 Å². The summed E-state index contributed by atoms with van der Waals surface area (Å²) >= 11 is 1.85. The van der Waals surface area contributed by atoms with Crippen molar-refractivity contribution in [3.63, 3.8) is 0 Å². The number of thioether (sulfide) groups is 1. The molecule has 0 saturated heterocycles. The first-order valence-corrected chi connectivity index (χ1v) is 8.76. The predicted molar refractivity (Wildman–Crippen MR) is 91.9 cm³/mol. The number of benzene rings is 2. The predicted octanol–water partition coefficient (Wildman–Crippen LogP) is 5.05. The van der Waals surface area contributed by atoms with Crippen LogP contribution >= 0.6 is 11.8 Å². The molecular weight excluding hydrogens is 274 g/mol. The Morgan fingerprint density at radius 2 is 1.81 bits per heavy atom. The molecule has 0 spiro atoms. The molecule has 3 rings (SSSR count). The average molecular weight is 297 g/mol. The lowest BCUT2D eigenvalue weighted by Gasteiger charge is -2.29. The molecule has 1 aliphatic rings. The van der Waals surface area contributed by atoms with E-state index in [9.17, 15) is 0 Å². The van der Waals surface area contributed by atoms with Crippen LogP contribution in [-0.4, -0.2) is 5.75 Å². The maximum absolute atomic E-state index is 6.47. The van der Waals surface area contributed by atoms with Crippen LogP contribution in [0.2, 0.25) is 0 Å². The van der Waals surface area contributed by atoms with Crippen LogP contribution in [0.15, 0.2) is 53.4 Å². The Balaban J connectivity index is 1.67. The molecule has 0 aliphatic heterocycles. The Hall–Kier alpha value is -1.25. The van der Waals surface area contributed by atoms with Gasteiger partial charge in [-0.25, -0.2) is 0 Å². The summed E-state index contributed by atoms with van der Waals surface area (Å²) < 4.78 is 0. The van der Waals surface area contributed by atoms with Gasteiger partial charge >= 0.3 is 0 Å². The second kappa shape index (κ2) is 6.67. The normalized spacial score (nSPS) is 16.5. The molecule has 1 nitrogen and oxygen atoms in total. The molecule has 1 atom stereocenters. The van der Waals surface area contributed by atoms with Crippen molar-refractivity contribution in [3.05, 3.63) is 65.2 Å². The Labute approximate surface area is 132 Å². The van der Waals surface area contributed by atoms with Crippen LogP contribution in [0.4, 0.5) is 0 Å². The average Bonchev–Trinajstić information content (AvgIpc) is 2.45. The first-order chi connectivity index (χ1) is 10.2. The minimum absolute atomic E-state index is 0.119. The lowest BCUT2D eigenvalue weighted by molar-refractivity contribution is 0.416. The van der Waals surface area contributed by atoms with Gasteiger partial charge in [0.2, 0.25) is 0 Å². The molecule has 0 radical (unpaired) electrons. The van der Waals surface area contributed by atoms with E-state index in [4.69, 9.17) is 5.73 Å². The van der Waals surface area contributed by atoms with Gasteiger partial charge in [-0.1, -0.05) is 48.4 Å². The molecule has 0 aromatic heterocycles. The second-order valence-corrected chi connectivity index (χ2v) is 7.08. The zero-order chi connectivity index (χ0) is 14.7. The Morgan fingerprint density at radius 3 is 2.48 bits per heavy atom. The van der Waals surface area contributed by atoms with Crippen molar-refractivity contribution in [1.82, 2.24) is 0 Å². The van der Waals surface area contributed by atoms with E-state index >= 15 is 0 Å². The Morgan fingerprint density at radius 1 is 1.10 bits per heavy atom. The molecule has 0 amide bonds. The van der Waals surface area contributed by atoms with Crippen LogP contribution in [0.1, 0.15) is 47.9 Å². The smallest absolute Gasteiger partial charge is 0.0393 e. The maximum Gasteiger partial charge on any atom is 0.0393 e. The standard InChI is InChI=1S/C19H23NS/c1-14-9-11-16(12-10-14)21-13-19(20)18-8-3-2-7-17(18)15-5-4-6-15/h2-3,7-12,15,19H,4-6,13,20H2,1H3. The fraction of sp³-hybridized carbons (Fsp3) is 0.368. The summed E-state index contributed by atoms with van der Waals surface area (Å²) in [4.78, 5) is 1.30. The van der Waals surface area contributed by atoms with Crippen molar-refractivity contribution in [2.75, 3.05) is 5.75 Å². The molecule has 0 bridgehead atoms. The highest BCUT2D eigenvalue weighted by molar-refractivity contribution is 7.99. The quantitative estimate of drug-likeness (QED) is 0.781. The molecule has 21 heavy (non-hydrogen) atoms. The van der Waals surface area contributed by atoms with Crippen molar-refractivity contribution < 1.29 is 0 Å². The number of rotatable bonds is 5. The lowest BCUT2D eigenvalue weighted by Crippen LogP contribution is -2.19. The maximum atomic E-state index is 6.47. The van der Waals surface area contributed by atoms with Crippen LogP contribution in [0.25, 0.3) is 0 Å². The third kappa shape index (κ3) is 3.50. The van der Waals surface area contributed by atoms with Crippen molar-refractivity contribution in [3.8, 4) is 0 Å². The molecule has 1 unspecified atom stereocenters. The van der Waals surface area contributed by atoms with Gasteiger partial charge in [0.25, 0.3) is 0 Å². The zero-order valence-electron chi connectivity index (χ0n) is 12.6. The fourth-order valence-electron chi connectivity index (χ4n) is 2.85. The van der Waals surface area contributed by atoms with E-state index in [2.05, 4.69) is 55.5 Å². The first kappa shape index (κ1) is 14.7. The molecule has 2 heteroatoms. The molecule has 2 aromatic carbocycles. The third-order valence-electron chi connectivity index (χ3n) is 4.39. The Bertz CT molecular complexity index is 587. The molecule has 0 heterocycles. The molecule has 1 saturated carbocycles. The van der Waals surface area contributed by atoms with E-state index in [0.29, 0.717) is 0 Å².